The van der Waals surface area contributed by atoms with E-state index < -0.39 is 5.82 Å². The van der Waals surface area contributed by atoms with Gasteiger partial charge < -0.3 is 9.47 Å². The van der Waals surface area contributed by atoms with Gasteiger partial charge in [0.15, 0.2) is 11.5 Å². The molecule has 0 heterocycles. The van der Waals surface area contributed by atoms with Gasteiger partial charge >= 0.3 is 0 Å². The summed E-state index contributed by atoms with van der Waals surface area (Å²) in [7, 11) is 2.98. The van der Waals surface area contributed by atoms with Crippen molar-refractivity contribution < 1.29 is 18.3 Å². The molecule has 0 N–H and O–H groups in total. The molecule has 0 saturated carbocycles. The van der Waals surface area contributed by atoms with E-state index in [1.54, 1.807) is 30.3 Å². The molecule has 0 aliphatic carbocycles. The van der Waals surface area contributed by atoms with Gasteiger partial charge in [-0.15, -0.1) is 0 Å². The van der Waals surface area contributed by atoms with Crippen molar-refractivity contribution in [2.75, 3.05) is 14.2 Å². The zero-order chi connectivity index (χ0) is 20.5. The zero-order valence-electron chi connectivity index (χ0n) is 15.8. The summed E-state index contributed by atoms with van der Waals surface area (Å²) in [6.45, 7) is 0. The molecule has 0 aliphatic heterocycles. The molecule has 0 spiro atoms. The molecule has 0 aliphatic rings. The second kappa shape index (κ2) is 7.84. The van der Waals surface area contributed by atoms with Crippen molar-refractivity contribution in [2.45, 2.75) is 0 Å². The highest BCUT2D eigenvalue weighted by atomic mass is 79.9. The third kappa shape index (κ3) is 3.36. The molecule has 0 radical (unpaired) electrons. The first-order valence-electron chi connectivity index (χ1n) is 8.93. The van der Waals surface area contributed by atoms with Crippen LogP contribution in [0.25, 0.3) is 33.0 Å². The van der Waals surface area contributed by atoms with Crippen molar-refractivity contribution in [1.82, 2.24) is 0 Å². The Morgan fingerprint density at radius 1 is 0.690 bits per heavy atom. The van der Waals surface area contributed by atoms with E-state index in [9.17, 15) is 8.78 Å². The Morgan fingerprint density at radius 3 is 2.10 bits per heavy atom. The van der Waals surface area contributed by atoms with Crippen molar-refractivity contribution >= 4 is 26.7 Å². The summed E-state index contributed by atoms with van der Waals surface area (Å²) in [6, 6.07) is 18.9. The van der Waals surface area contributed by atoms with Gasteiger partial charge in [-0.1, -0.05) is 46.3 Å². The molecule has 146 valence electrons. The molecule has 0 bridgehead atoms. The van der Waals surface area contributed by atoms with Crippen LogP contribution in [-0.2, 0) is 0 Å². The van der Waals surface area contributed by atoms with E-state index in [4.69, 9.17) is 9.47 Å². The van der Waals surface area contributed by atoms with Crippen molar-refractivity contribution in [3.8, 4) is 33.8 Å². The lowest BCUT2D eigenvalue weighted by atomic mass is 9.93. The third-order valence-corrected chi connectivity index (χ3v) is 5.38. The van der Waals surface area contributed by atoms with Gasteiger partial charge in [0.2, 0.25) is 0 Å². The van der Waals surface area contributed by atoms with Gasteiger partial charge in [0, 0.05) is 26.7 Å². The lowest BCUT2D eigenvalue weighted by molar-refractivity contribution is 0.357. The Morgan fingerprint density at radius 2 is 1.34 bits per heavy atom. The quantitative estimate of drug-likeness (QED) is 0.323. The lowest BCUT2D eigenvalue weighted by Gasteiger charge is -2.19. The molecule has 0 amide bonds. The fraction of sp³-hybridized carbons (Fsp3) is 0.0833. The molecular formula is C24H17BrF2O2. The van der Waals surface area contributed by atoms with Crippen LogP contribution in [0, 0.1) is 11.6 Å². The second-order valence-corrected chi connectivity index (χ2v) is 7.41. The molecule has 29 heavy (non-hydrogen) atoms. The first-order chi connectivity index (χ1) is 14.0. The molecule has 0 saturated heterocycles. The molecule has 5 heteroatoms. The molecule has 0 atom stereocenters. The summed E-state index contributed by atoms with van der Waals surface area (Å²) >= 11 is 3.38. The monoisotopic (exact) mass is 454 g/mol. The van der Waals surface area contributed by atoms with Crippen LogP contribution in [0.4, 0.5) is 8.78 Å². The summed E-state index contributed by atoms with van der Waals surface area (Å²) < 4.78 is 41.4. The summed E-state index contributed by atoms with van der Waals surface area (Å²) in [6.07, 6.45) is 0. The average molecular weight is 455 g/mol. The van der Waals surface area contributed by atoms with E-state index in [1.807, 2.05) is 24.3 Å². The number of methoxy groups -OCH3 is 2. The van der Waals surface area contributed by atoms with Gasteiger partial charge in [0.25, 0.3) is 0 Å². The van der Waals surface area contributed by atoms with Crippen LogP contribution in [0.15, 0.2) is 71.2 Å². The number of hydrogen-bond acceptors (Lipinski definition) is 2. The summed E-state index contributed by atoms with van der Waals surface area (Å²) in [4.78, 5) is 0. The summed E-state index contributed by atoms with van der Waals surface area (Å²) in [5.41, 5.74) is 1.84. The van der Waals surface area contributed by atoms with Crippen LogP contribution in [0.2, 0.25) is 0 Å². The van der Waals surface area contributed by atoms with E-state index in [0.717, 1.165) is 15.2 Å². The maximum atomic E-state index is 14.9. The van der Waals surface area contributed by atoms with Crippen molar-refractivity contribution in [3.05, 3.63) is 82.8 Å². The zero-order valence-corrected chi connectivity index (χ0v) is 17.4. The number of rotatable bonds is 4. The van der Waals surface area contributed by atoms with Crippen molar-refractivity contribution in [3.63, 3.8) is 0 Å². The first kappa shape index (κ1) is 19.4. The van der Waals surface area contributed by atoms with Gasteiger partial charge in [-0.2, -0.15) is 0 Å². The first-order valence-corrected chi connectivity index (χ1v) is 9.72. The van der Waals surface area contributed by atoms with E-state index in [0.29, 0.717) is 33.8 Å². The number of fused-ring (bicyclic) bond motifs is 1. The maximum absolute atomic E-state index is 14.9. The Bertz CT molecular complexity index is 1220. The average Bonchev–Trinajstić information content (AvgIpc) is 2.74. The highest BCUT2D eigenvalue weighted by molar-refractivity contribution is 9.10. The highest BCUT2D eigenvalue weighted by Gasteiger charge is 2.22. The number of hydrogen-bond donors (Lipinski definition) is 0. The predicted octanol–water partition coefficient (Wildman–Crippen LogP) is 7.23. The summed E-state index contributed by atoms with van der Waals surface area (Å²) in [5, 5.41) is 1.67. The van der Waals surface area contributed by atoms with E-state index in [-0.39, 0.29) is 5.82 Å². The maximum Gasteiger partial charge on any atom is 0.169 e. The fourth-order valence-electron chi connectivity index (χ4n) is 3.60. The molecule has 4 aromatic carbocycles. The minimum absolute atomic E-state index is 0.342. The van der Waals surface area contributed by atoms with Crippen LogP contribution in [0.3, 0.4) is 0 Å². The lowest BCUT2D eigenvalue weighted by Crippen LogP contribution is -1.98. The second-order valence-electron chi connectivity index (χ2n) is 6.49. The van der Waals surface area contributed by atoms with Crippen LogP contribution in [0.1, 0.15) is 0 Å². The molecule has 0 aromatic heterocycles. The van der Waals surface area contributed by atoms with Crippen molar-refractivity contribution in [1.29, 1.82) is 0 Å². The van der Waals surface area contributed by atoms with Crippen LogP contribution >= 0.6 is 15.9 Å². The summed E-state index contributed by atoms with van der Waals surface area (Å²) in [5.74, 6) is -0.0722. The topological polar surface area (TPSA) is 18.5 Å². The predicted molar refractivity (Wildman–Crippen MR) is 116 cm³/mol. The molecule has 2 nitrogen and oxygen atoms in total. The van der Waals surface area contributed by atoms with E-state index in [2.05, 4.69) is 15.9 Å². The minimum atomic E-state index is -0.391. The van der Waals surface area contributed by atoms with Crippen LogP contribution in [0.5, 0.6) is 11.5 Å². The van der Waals surface area contributed by atoms with Gasteiger partial charge in [-0.05, 0) is 47.2 Å². The minimum Gasteiger partial charge on any atom is -0.492 e. The van der Waals surface area contributed by atoms with Gasteiger partial charge in [0.1, 0.15) is 11.6 Å². The Kier molecular flexibility index (Phi) is 5.24. The Hall–Kier alpha value is -2.92. The van der Waals surface area contributed by atoms with E-state index in [1.165, 1.54) is 26.4 Å². The van der Waals surface area contributed by atoms with Crippen LogP contribution < -0.4 is 9.47 Å². The molecular weight excluding hydrogens is 438 g/mol. The van der Waals surface area contributed by atoms with Gasteiger partial charge in [-0.3, -0.25) is 0 Å². The largest absolute Gasteiger partial charge is 0.492 e. The van der Waals surface area contributed by atoms with Gasteiger partial charge in [0.05, 0.1) is 14.2 Å². The standard InChI is InChI=1S/C24H17BrF2O2/c1-28-23-17(19-13-15(25)8-12-20(19)26)9-10-18(24(23)29-2)22-16-6-4-3-5-14(16)7-11-21(22)27/h3-13H,1-2H3. The number of benzene rings is 4. The normalized spacial score (nSPS) is 10.9. The number of halogens is 3. The van der Waals surface area contributed by atoms with E-state index >= 15 is 0 Å². The number of ether oxygens (including phenoxy) is 2. The van der Waals surface area contributed by atoms with Crippen molar-refractivity contribution in [2.24, 2.45) is 0 Å². The SMILES string of the molecule is COc1c(-c2cc(Br)ccc2F)ccc(-c2c(F)ccc3ccccc23)c1OC. The van der Waals surface area contributed by atoms with Gasteiger partial charge in [-0.25, -0.2) is 8.78 Å². The smallest absolute Gasteiger partial charge is 0.169 e. The molecule has 0 unspecified atom stereocenters. The Labute approximate surface area is 175 Å². The molecule has 4 aromatic rings. The third-order valence-electron chi connectivity index (χ3n) is 4.89. The molecule has 4 rings (SSSR count). The highest BCUT2D eigenvalue weighted by Crippen LogP contribution is 2.47. The molecule has 0 fully saturated rings. The van der Waals surface area contributed by atoms with Crippen LogP contribution in [-0.4, -0.2) is 14.2 Å². The Balaban J connectivity index is 2.03. The fourth-order valence-corrected chi connectivity index (χ4v) is 3.96.